The highest BCUT2D eigenvalue weighted by Gasteiger charge is 2.53. The molecule has 0 atom stereocenters. The summed E-state index contributed by atoms with van der Waals surface area (Å²) >= 11 is 0. The molecule has 3 rings (SSSR count). The molecule has 0 amide bonds. The largest absolute Gasteiger partial charge is 0.312 e. The number of nitriles is 1. The predicted octanol–water partition coefficient (Wildman–Crippen LogP) is 2.98. The Morgan fingerprint density at radius 2 is 2.17 bits per heavy atom. The van der Waals surface area contributed by atoms with Crippen molar-refractivity contribution in [1.82, 2.24) is 5.32 Å². The van der Waals surface area contributed by atoms with Gasteiger partial charge < -0.3 is 5.32 Å². The van der Waals surface area contributed by atoms with Crippen molar-refractivity contribution in [2.45, 2.75) is 32.2 Å². The van der Waals surface area contributed by atoms with Crippen LogP contribution in [0.4, 0.5) is 4.39 Å². The van der Waals surface area contributed by atoms with Crippen LogP contribution in [0, 0.1) is 28.5 Å². The van der Waals surface area contributed by atoms with E-state index in [1.165, 1.54) is 31.7 Å². The molecule has 0 heterocycles. The second-order valence-electron chi connectivity index (χ2n) is 5.67. The summed E-state index contributed by atoms with van der Waals surface area (Å²) in [4.78, 5) is 0. The Balaban J connectivity index is 1.55. The van der Waals surface area contributed by atoms with Crippen molar-refractivity contribution in [2.24, 2.45) is 11.3 Å². The molecular weight excluding hydrogens is 227 g/mol. The number of nitrogens with one attached hydrogen (secondary N) is 1. The van der Waals surface area contributed by atoms with E-state index in [1.807, 2.05) is 6.07 Å². The lowest BCUT2D eigenvalue weighted by molar-refractivity contribution is 0.403. The molecule has 0 saturated heterocycles. The van der Waals surface area contributed by atoms with Crippen molar-refractivity contribution in [3.8, 4) is 6.07 Å². The molecule has 2 nitrogen and oxygen atoms in total. The number of halogens is 1. The highest BCUT2D eigenvalue weighted by Crippen LogP contribution is 2.60. The van der Waals surface area contributed by atoms with E-state index in [2.05, 4.69) is 5.32 Å². The fraction of sp³-hybridized carbons (Fsp3) is 0.533. The van der Waals surface area contributed by atoms with Crippen molar-refractivity contribution >= 4 is 0 Å². The van der Waals surface area contributed by atoms with Crippen LogP contribution in [-0.4, -0.2) is 6.54 Å². The Morgan fingerprint density at radius 1 is 1.39 bits per heavy atom. The summed E-state index contributed by atoms with van der Waals surface area (Å²) in [7, 11) is 0. The second kappa shape index (κ2) is 4.37. The minimum absolute atomic E-state index is 0.137. The zero-order chi connectivity index (χ0) is 12.6. The van der Waals surface area contributed by atoms with Crippen molar-refractivity contribution in [3.63, 3.8) is 0 Å². The third kappa shape index (κ3) is 2.26. The van der Waals surface area contributed by atoms with Crippen LogP contribution in [0.1, 0.15) is 36.8 Å². The fourth-order valence-electron chi connectivity index (χ4n) is 2.81. The molecule has 2 saturated carbocycles. The summed E-state index contributed by atoms with van der Waals surface area (Å²) < 4.78 is 13.2. The minimum Gasteiger partial charge on any atom is -0.312 e. The molecule has 1 aromatic carbocycles. The molecule has 2 fully saturated rings. The number of hydrogen-bond donors (Lipinski definition) is 1. The molecule has 3 heteroatoms. The van der Waals surface area contributed by atoms with Gasteiger partial charge in [0, 0.05) is 13.1 Å². The lowest BCUT2D eigenvalue weighted by Gasteiger charge is -2.15. The van der Waals surface area contributed by atoms with Gasteiger partial charge >= 0.3 is 0 Å². The van der Waals surface area contributed by atoms with Gasteiger partial charge in [-0.25, -0.2) is 4.39 Å². The van der Waals surface area contributed by atoms with Gasteiger partial charge in [0.15, 0.2) is 0 Å². The molecule has 94 valence electrons. The van der Waals surface area contributed by atoms with Crippen LogP contribution in [-0.2, 0) is 6.54 Å². The van der Waals surface area contributed by atoms with E-state index in [4.69, 9.17) is 5.26 Å². The summed E-state index contributed by atoms with van der Waals surface area (Å²) in [6, 6.07) is 6.65. The van der Waals surface area contributed by atoms with Crippen LogP contribution < -0.4 is 5.32 Å². The van der Waals surface area contributed by atoms with E-state index in [-0.39, 0.29) is 5.56 Å². The maximum atomic E-state index is 13.2. The normalized spacial score (nSPS) is 20.4. The van der Waals surface area contributed by atoms with Crippen LogP contribution in [0.25, 0.3) is 0 Å². The van der Waals surface area contributed by atoms with Crippen LogP contribution in [0.2, 0.25) is 0 Å². The Hall–Kier alpha value is -1.40. The third-order valence-corrected chi connectivity index (χ3v) is 4.29. The lowest BCUT2D eigenvalue weighted by Crippen LogP contribution is -2.25. The number of benzene rings is 1. The van der Waals surface area contributed by atoms with E-state index in [1.54, 1.807) is 12.1 Å². The molecule has 0 spiro atoms. The van der Waals surface area contributed by atoms with Gasteiger partial charge in [0.2, 0.25) is 0 Å². The second-order valence-corrected chi connectivity index (χ2v) is 5.67. The van der Waals surface area contributed by atoms with E-state index in [0.29, 0.717) is 5.41 Å². The number of nitrogens with zero attached hydrogens (tertiary/aromatic N) is 1. The van der Waals surface area contributed by atoms with E-state index in [0.717, 1.165) is 24.6 Å². The van der Waals surface area contributed by atoms with Gasteiger partial charge in [0.05, 0.1) is 5.56 Å². The quantitative estimate of drug-likeness (QED) is 0.864. The van der Waals surface area contributed by atoms with E-state index >= 15 is 0 Å². The molecule has 0 radical (unpaired) electrons. The van der Waals surface area contributed by atoms with Crippen molar-refractivity contribution < 1.29 is 4.39 Å². The number of rotatable bonds is 5. The lowest BCUT2D eigenvalue weighted by atomic mass is 10.0. The molecule has 18 heavy (non-hydrogen) atoms. The zero-order valence-corrected chi connectivity index (χ0v) is 10.4. The molecule has 0 bridgehead atoms. The van der Waals surface area contributed by atoms with Gasteiger partial charge in [0.25, 0.3) is 0 Å². The van der Waals surface area contributed by atoms with Crippen molar-refractivity contribution in [3.05, 3.63) is 35.1 Å². The molecular formula is C15H17FN2. The van der Waals surface area contributed by atoms with Gasteiger partial charge in [-0.2, -0.15) is 5.26 Å². The first-order valence-electron chi connectivity index (χ1n) is 6.63. The van der Waals surface area contributed by atoms with Crippen molar-refractivity contribution in [2.75, 3.05) is 6.54 Å². The molecule has 0 aliphatic heterocycles. The van der Waals surface area contributed by atoms with Gasteiger partial charge in [-0.15, -0.1) is 0 Å². The first kappa shape index (κ1) is 11.7. The standard InChI is InChI=1S/C15H17FN2/c16-14-4-1-11(7-12(14)8-17)9-18-10-15(5-6-15)13-2-3-13/h1,4,7,13,18H,2-3,5-6,9-10H2. The van der Waals surface area contributed by atoms with Crippen LogP contribution in [0.3, 0.4) is 0 Å². The summed E-state index contributed by atoms with van der Waals surface area (Å²) in [5, 5.41) is 12.2. The molecule has 1 aromatic rings. The summed E-state index contributed by atoms with van der Waals surface area (Å²) in [5.41, 5.74) is 1.70. The topological polar surface area (TPSA) is 35.8 Å². The van der Waals surface area contributed by atoms with Gasteiger partial charge in [0.1, 0.15) is 11.9 Å². The fourth-order valence-corrected chi connectivity index (χ4v) is 2.81. The molecule has 0 aromatic heterocycles. The first-order chi connectivity index (χ1) is 8.73. The van der Waals surface area contributed by atoms with Gasteiger partial charge in [-0.05, 0) is 54.7 Å². The highest BCUT2D eigenvalue weighted by molar-refractivity contribution is 5.34. The third-order valence-electron chi connectivity index (χ3n) is 4.29. The summed E-state index contributed by atoms with van der Waals surface area (Å²) in [6.45, 7) is 1.79. The predicted molar refractivity (Wildman–Crippen MR) is 67.2 cm³/mol. The minimum atomic E-state index is -0.433. The van der Waals surface area contributed by atoms with Crippen molar-refractivity contribution in [1.29, 1.82) is 5.26 Å². The zero-order valence-electron chi connectivity index (χ0n) is 10.4. The Bertz CT molecular complexity index is 496. The average molecular weight is 244 g/mol. The SMILES string of the molecule is N#Cc1cc(CNCC2(C3CC3)CC2)ccc1F. The van der Waals surface area contributed by atoms with Gasteiger partial charge in [-0.3, -0.25) is 0 Å². The first-order valence-corrected chi connectivity index (χ1v) is 6.63. The maximum absolute atomic E-state index is 13.2. The molecule has 0 unspecified atom stereocenters. The monoisotopic (exact) mass is 244 g/mol. The summed E-state index contributed by atoms with van der Waals surface area (Å²) in [6.07, 6.45) is 5.52. The highest BCUT2D eigenvalue weighted by atomic mass is 19.1. The van der Waals surface area contributed by atoms with Crippen LogP contribution in [0.5, 0.6) is 0 Å². The number of hydrogen-bond acceptors (Lipinski definition) is 2. The Labute approximate surface area is 107 Å². The average Bonchev–Trinajstić information content (AvgIpc) is 3.24. The van der Waals surface area contributed by atoms with Crippen LogP contribution >= 0.6 is 0 Å². The van der Waals surface area contributed by atoms with Crippen LogP contribution in [0.15, 0.2) is 18.2 Å². The smallest absolute Gasteiger partial charge is 0.140 e. The van der Waals surface area contributed by atoms with E-state index in [9.17, 15) is 4.39 Å². The summed E-state index contributed by atoms with van der Waals surface area (Å²) in [5.74, 6) is 0.519. The molecule has 2 aliphatic rings. The molecule has 1 N–H and O–H groups in total. The Kier molecular flexibility index (Phi) is 2.83. The maximum Gasteiger partial charge on any atom is 0.140 e. The van der Waals surface area contributed by atoms with E-state index < -0.39 is 5.82 Å². The van der Waals surface area contributed by atoms with Gasteiger partial charge in [-0.1, -0.05) is 6.07 Å². The molecule has 2 aliphatic carbocycles. The Morgan fingerprint density at radius 3 is 2.78 bits per heavy atom.